The van der Waals surface area contributed by atoms with Crippen LogP contribution in [-0.4, -0.2) is 20.7 Å². The predicted molar refractivity (Wildman–Crippen MR) is 111 cm³/mol. The van der Waals surface area contributed by atoms with Crippen molar-refractivity contribution in [2.75, 3.05) is 10.6 Å². The van der Waals surface area contributed by atoms with Gasteiger partial charge in [0.1, 0.15) is 0 Å². The minimum Gasteiger partial charge on any atom is -0.347 e. The van der Waals surface area contributed by atoms with Gasteiger partial charge in [-0.1, -0.05) is 61.0 Å². The van der Waals surface area contributed by atoms with Crippen molar-refractivity contribution in [1.29, 1.82) is 0 Å². The van der Waals surface area contributed by atoms with Crippen molar-refractivity contribution in [3.63, 3.8) is 0 Å². The van der Waals surface area contributed by atoms with E-state index in [1.165, 1.54) is 5.56 Å². The highest BCUT2D eigenvalue weighted by Crippen LogP contribution is 2.38. The van der Waals surface area contributed by atoms with Crippen LogP contribution in [0.4, 0.5) is 11.9 Å². The van der Waals surface area contributed by atoms with Gasteiger partial charge in [0.15, 0.2) is 0 Å². The molecule has 0 spiro atoms. The summed E-state index contributed by atoms with van der Waals surface area (Å²) in [6.45, 7) is 1.97. The summed E-state index contributed by atoms with van der Waals surface area (Å²) < 4.78 is 1.85. The first-order chi connectivity index (χ1) is 13.6. The quantitative estimate of drug-likeness (QED) is 0.649. The van der Waals surface area contributed by atoms with Crippen LogP contribution in [0, 0.1) is 0 Å². The van der Waals surface area contributed by atoms with E-state index < -0.39 is 0 Å². The molecule has 0 radical (unpaired) electrons. The zero-order chi connectivity index (χ0) is 19.5. The predicted octanol–water partition coefficient (Wildman–Crippen LogP) is 4.82. The van der Waals surface area contributed by atoms with Gasteiger partial charge in [0.25, 0.3) is 5.95 Å². The molecule has 1 aliphatic heterocycles. The molecule has 144 valence electrons. The van der Waals surface area contributed by atoms with E-state index in [0.29, 0.717) is 23.3 Å². The summed E-state index contributed by atoms with van der Waals surface area (Å²) in [5.41, 5.74) is 2.29. The molecule has 4 rings (SSSR count). The average molecular weight is 396 g/mol. The monoisotopic (exact) mass is 395 g/mol. The van der Waals surface area contributed by atoms with Gasteiger partial charge in [-0.15, -0.1) is 5.10 Å². The number of fused-ring (bicyclic) bond motifs is 1. The third-order valence-electron chi connectivity index (χ3n) is 4.87. The Labute approximate surface area is 168 Å². The summed E-state index contributed by atoms with van der Waals surface area (Å²) in [5, 5.41) is 11.5. The molecule has 0 saturated heterocycles. The highest BCUT2D eigenvalue weighted by atomic mass is 35.5. The van der Waals surface area contributed by atoms with Crippen molar-refractivity contribution in [3.05, 3.63) is 70.7 Å². The number of hydrogen-bond donors (Lipinski definition) is 2. The average Bonchev–Trinajstić information content (AvgIpc) is 3.11. The van der Waals surface area contributed by atoms with Crippen LogP contribution in [0.1, 0.15) is 49.4 Å². The van der Waals surface area contributed by atoms with Crippen molar-refractivity contribution < 1.29 is 4.79 Å². The van der Waals surface area contributed by atoms with Gasteiger partial charge >= 0.3 is 0 Å². The molecular formula is C21H22ClN5O. The second-order valence-corrected chi connectivity index (χ2v) is 7.35. The molecular weight excluding hydrogens is 374 g/mol. The summed E-state index contributed by atoms with van der Waals surface area (Å²) in [5.74, 6) is 0.897. The maximum Gasteiger partial charge on any atom is 0.250 e. The molecule has 0 fully saturated rings. The van der Waals surface area contributed by atoms with Gasteiger partial charge in [0.05, 0.1) is 12.1 Å². The Morgan fingerprint density at radius 2 is 1.93 bits per heavy atom. The first-order valence-corrected chi connectivity index (χ1v) is 9.85. The number of aromatic nitrogens is 3. The van der Waals surface area contributed by atoms with E-state index in [1.807, 2.05) is 54.1 Å². The van der Waals surface area contributed by atoms with Crippen molar-refractivity contribution in [3.8, 4) is 0 Å². The van der Waals surface area contributed by atoms with Crippen molar-refractivity contribution in [1.82, 2.24) is 14.8 Å². The molecule has 6 nitrogen and oxygen atoms in total. The number of rotatable bonds is 5. The lowest BCUT2D eigenvalue weighted by Crippen LogP contribution is -2.28. The van der Waals surface area contributed by atoms with Crippen LogP contribution < -0.4 is 10.6 Å². The van der Waals surface area contributed by atoms with E-state index in [-0.39, 0.29) is 18.0 Å². The van der Waals surface area contributed by atoms with Crippen LogP contribution in [0.5, 0.6) is 0 Å². The number of carbonyl (C=O) groups is 1. The fraction of sp³-hybridized carbons (Fsp3) is 0.286. The maximum atomic E-state index is 12.0. The molecule has 1 aromatic heterocycles. The molecule has 28 heavy (non-hydrogen) atoms. The van der Waals surface area contributed by atoms with Crippen LogP contribution in [0.2, 0.25) is 5.02 Å². The van der Waals surface area contributed by atoms with E-state index in [2.05, 4.69) is 32.8 Å². The molecule has 2 aromatic carbocycles. The van der Waals surface area contributed by atoms with Crippen LogP contribution in [0.15, 0.2) is 54.6 Å². The summed E-state index contributed by atoms with van der Waals surface area (Å²) in [6.07, 6.45) is 2.04. The Kier molecular flexibility index (Phi) is 5.30. The minimum atomic E-state index is -0.0758. The standard InChI is InChI=1S/C21H22ClN5O/c1-2-6-19(28)24-20-25-21-23-17(14-7-4-3-5-8-14)13-18(27(21)26-20)15-9-11-16(22)12-10-15/h3-5,7-12,17-18H,2,6,13H2,1H3,(H2,23,24,25,26,28)/t17-,18+/m1/s1. The topological polar surface area (TPSA) is 71.8 Å². The van der Waals surface area contributed by atoms with E-state index in [4.69, 9.17) is 11.6 Å². The Hall–Kier alpha value is -2.86. The lowest BCUT2D eigenvalue weighted by Gasteiger charge is -2.31. The smallest absolute Gasteiger partial charge is 0.250 e. The third kappa shape index (κ3) is 3.87. The number of amides is 1. The summed E-state index contributed by atoms with van der Waals surface area (Å²) in [7, 11) is 0. The van der Waals surface area contributed by atoms with Gasteiger partial charge in [0, 0.05) is 11.4 Å². The second kappa shape index (κ2) is 8.02. The van der Waals surface area contributed by atoms with E-state index in [1.54, 1.807) is 0 Å². The van der Waals surface area contributed by atoms with Gasteiger partial charge in [-0.25, -0.2) is 4.68 Å². The first kappa shape index (κ1) is 18.5. The number of benzene rings is 2. The van der Waals surface area contributed by atoms with Crippen molar-refractivity contribution in [2.24, 2.45) is 0 Å². The van der Waals surface area contributed by atoms with Gasteiger partial charge in [-0.3, -0.25) is 10.1 Å². The zero-order valence-electron chi connectivity index (χ0n) is 15.6. The number of nitrogens with one attached hydrogen (secondary N) is 2. The molecule has 3 aromatic rings. The van der Waals surface area contributed by atoms with Gasteiger partial charge in [-0.05, 0) is 36.1 Å². The SMILES string of the molecule is CCCC(=O)Nc1nc2n(n1)[C@H](c1ccc(Cl)cc1)C[C@H](c1ccccc1)N2. The summed E-state index contributed by atoms with van der Waals surface area (Å²) in [6, 6.07) is 18.2. The van der Waals surface area contributed by atoms with Crippen molar-refractivity contribution >= 4 is 29.4 Å². The Morgan fingerprint density at radius 1 is 1.18 bits per heavy atom. The third-order valence-corrected chi connectivity index (χ3v) is 5.13. The van der Waals surface area contributed by atoms with Gasteiger partial charge in [-0.2, -0.15) is 4.98 Å². The lowest BCUT2D eigenvalue weighted by molar-refractivity contribution is -0.116. The van der Waals surface area contributed by atoms with Crippen LogP contribution in [0.3, 0.4) is 0 Å². The number of hydrogen-bond acceptors (Lipinski definition) is 4. The first-order valence-electron chi connectivity index (χ1n) is 9.47. The zero-order valence-corrected chi connectivity index (χ0v) is 16.4. The second-order valence-electron chi connectivity index (χ2n) is 6.91. The molecule has 0 unspecified atom stereocenters. The number of anilines is 2. The van der Waals surface area contributed by atoms with Crippen LogP contribution in [0.25, 0.3) is 0 Å². The minimum absolute atomic E-state index is 0.0111. The molecule has 7 heteroatoms. The van der Waals surface area contributed by atoms with Gasteiger partial charge < -0.3 is 5.32 Å². The summed E-state index contributed by atoms with van der Waals surface area (Å²) in [4.78, 5) is 16.5. The molecule has 2 heterocycles. The maximum absolute atomic E-state index is 12.0. The van der Waals surface area contributed by atoms with Crippen LogP contribution >= 0.6 is 11.6 Å². The fourth-order valence-electron chi connectivity index (χ4n) is 3.51. The Morgan fingerprint density at radius 3 is 2.64 bits per heavy atom. The molecule has 0 bridgehead atoms. The van der Waals surface area contributed by atoms with Gasteiger partial charge in [0.2, 0.25) is 11.9 Å². The molecule has 2 N–H and O–H groups in total. The molecule has 0 aliphatic carbocycles. The largest absolute Gasteiger partial charge is 0.347 e. The molecule has 0 saturated carbocycles. The molecule has 2 atom stereocenters. The van der Waals surface area contributed by atoms with E-state index in [9.17, 15) is 4.79 Å². The van der Waals surface area contributed by atoms with Crippen molar-refractivity contribution in [2.45, 2.75) is 38.3 Å². The molecule has 1 amide bonds. The highest BCUT2D eigenvalue weighted by Gasteiger charge is 2.31. The van der Waals surface area contributed by atoms with E-state index in [0.717, 1.165) is 18.4 Å². The number of halogens is 1. The van der Waals surface area contributed by atoms with Crippen LogP contribution in [-0.2, 0) is 4.79 Å². The number of nitrogens with zero attached hydrogens (tertiary/aromatic N) is 3. The summed E-state index contributed by atoms with van der Waals surface area (Å²) >= 11 is 6.07. The Balaban J connectivity index is 1.69. The highest BCUT2D eigenvalue weighted by molar-refractivity contribution is 6.30. The normalized spacial score (nSPS) is 18.2. The molecule has 1 aliphatic rings. The fourth-order valence-corrected chi connectivity index (χ4v) is 3.64. The Bertz CT molecular complexity index is 955. The van der Waals surface area contributed by atoms with E-state index >= 15 is 0 Å². The lowest BCUT2D eigenvalue weighted by atomic mass is 9.93. The number of carbonyl (C=O) groups excluding carboxylic acids is 1.